The van der Waals surface area contributed by atoms with Crippen molar-refractivity contribution in [2.45, 2.75) is 98.7 Å². The van der Waals surface area contributed by atoms with Crippen molar-refractivity contribution in [1.82, 2.24) is 0 Å². The second-order valence-electron chi connectivity index (χ2n) is 31.5. The molecule has 8 saturated carbocycles. The summed E-state index contributed by atoms with van der Waals surface area (Å²) in [4.78, 5) is 0. The maximum absolute atomic E-state index is 3.98. The van der Waals surface area contributed by atoms with Crippen molar-refractivity contribution in [2.24, 2.45) is 22.7 Å². The van der Waals surface area contributed by atoms with Crippen LogP contribution in [0.25, 0.3) is 0 Å². The number of hydrogen-bond acceptors (Lipinski definition) is 0. The van der Waals surface area contributed by atoms with Gasteiger partial charge in [-0.25, -0.2) is 0 Å². The maximum Gasteiger partial charge on any atom is 0.0443 e. The van der Waals surface area contributed by atoms with Crippen LogP contribution < -0.4 is 0 Å². The molecule has 0 aliphatic heterocycles. The average Bonchev–Trinajstić information content (AvgIpc) is 0.650. The maximum atomic E-state index is 3.98. The molecule has 4 unspecified atom stereocenters. The zero-order chi connectivity index (χ0) is 72.3. The minimum Gasteiger partial charge on any atom is -0.0622 e. The molecular formula is C108H78. The molecule has 8 fully saturated rings. The summed E-state index contributed by atoms with van der Waals surface area (Å²) in [6.07, 6.45) is 12.5. The van der Waals surface area contributed by atoms with Gasteiger partial charge in [-0.05, 0) is 265 Å². The van der Waals surface area contributed by atoms with Crippen molar-refractivity contribution in [3.8, 4) is 94.7 Å². The van der Waals surface area contributed by atoms with Gasteiger partial charge in [0.15, 0.2) is 0 Å². The number of hydrogen-bond donors (Lipinski definition) is 0. The van der Waals surface area contributed by atoms with Crippen molar-refractivity contribution in [2.75, 3.05) is 0 Å². The van der Waals surface area contributed by atoms with Gasteiger partial charge in [0.05, 0.1) is 0 Å². The van der Waals surface area contributed by atoms with Gasteiger partial charge in [0, 0.05) is 89.0 Å². The van der Waals surface area contributed by atoms with Crippen LogP contribution >= 0.6 is 0 Å². The Labute approximate surface area is 638 Å². The van der Waals surface area contributed by atoms with E-state index in [2.05, 4.69) is 410 Å². The van der Waals surface area contributed by atoms with E-state index in [9.17, 15) is 0 Å². The molecule has 0 amide bonds. The second-order valence-corrected chi connectivity index (χ2v) is 31.5. The number of benzene rings is 12. The lowest BCUT2D eigenvalue weighted by Crippen LogP contribution is -2.71. The van der Waals surface area contributed by atoms with Crippen LogP contribution in [0.3, 0.4) is 0 Å². The Morgan fingerprint density at radius 2 is 0.352 bits per heavy atom. The van der Waals surface area contributed by atoms with Crippen LogP contribution in [0, 0.1) is 117 Å². The summed E-state index contributed by atoms with van der Waals surface area (Å²) < 4.78 is 0. The van der Waals surface area contributed by atoms with E-state index in [0.717, 1.165) is 166 Å². The largest absolute Gasteiger partial charge is 0.0622 e. The SMILES string of the molecule is C(#Cc1cccc(C23CC4CC(c5cccc(C#Cc6ccccc6)c5C#Cc5ccccc5)(C2)CC(C25CC6CC(c7cccc(C#Cc8ccccc8)c7C#Cc7ccccc7)(CC(c7cccc(C#Cc8ccccc8)c7C#Cc7ccccc7)(C6)C2)C5)(C4)C3)c1C#Cc1ccccc1)c1ccccc1. The topological polar surface area (TPSA) is 0 Å². The van der Waals surface area contributed by atoms with Gasteiger partial charge in [-0.15, -0.1) is 0 Å². The van der Waals surface area contributed by atoms with Crippen LogP contribution in [0.2, 0.25) is 0 Å². The van der Waals surface area contributed by atoms with Crippen molar-refractivity contribution < 1.29 is 0 Å². The van der Waals surface area contributed by atoms with Crippen molar-refractivity contribution in [3.05, 3.63) is 427 Å². The Morgan fingerprint density at radius 3 is 0.546 bits per heavy atom. The smallest absolute Gasteiger partial charge is 0.0443 e. The summed E-state index contributed by atoms with van der Waals surface area (Å²) in [5, 5.41) is 0. The zero-order valence-corrected chi connectivity index (χ0v) is 60.7. The fraction of sp³-hybridized carbons (Fsp3) is 0.185. The van der Waals surface area contributed by atoms with E-state index in [1.54, 1.807) is 0 Å². The monoisotopic (exact) mass is 1370 g/mol. The molecule has 108 heavy (non-hydrogen) atoms. The molecule has 8 aliphatic carbocycles. The fourth-order valence-electron chi connectivity index (χ4n) is 21.5. The third-order valence-corrected chi connectivity index (χ3v) is 24.7. The van der Waals surface area contributed by atoms with E-state index in [-0.39, 0.29) is 32.5 Å². The van der Waals surface area contributed by atoms with E-state index in [4.69, 9.17) is 0 Å². The summed E-state index contributed by atoms with van der Waals surface area (Å²) in [7, 11) is 0. The highest BCUT2D eigenvalue weighted by Crippen LogP contribution is 2.83. The van der Waals surface area contributed by atoms with Gasteiger partial charge in [-0.3, -0.25) is 0 Å². The fourth-order valence-corrected chi connectivity index (χ4v) is 21.5. The third kappa shape index (κ3) is 13.0. The van der Waals surface area contributed by atoms with Gasteiger partial charge in [0.1, 0.15) is 0 Å². The highest BCUT2D eigenvalue weighted by Gasteiger charge is 2.75. The van der Waals surface area contributed by atoms with Crippen molar-refractivity contribution in [1.29, 1.82) is 0 Å². The van der Waals surface area contributed by atoms with Crippen molar-refractivity contribution >= 4 is 0 Å². The highest BCUT2D eigenvalue weighted by molar-refractivity contribution is 5.67. The van der Waals surface area contributed by atoms with Crippen LogP contribution in [0.1, 0.15) is 188 Å². The molecule has 0 radical (unpaired) electrons. The van der Waals surface area contributed by atoms with E-state index < -0.39 is 0 Å². The van der Waals surface area contributed by atoms with Crippen LogP contribution in [0.5, 0.6) is 0 Å². The first-order valence-corrected chi connectivity index (χ1v) is 38.3. The standard InChI is InChI=1S/C108H78/c1-9-29-81(30-10-1)53-61-91-45-25-49-99(95(91)65-57-85-37-17-5-18-38-85)103-69-89-70-104(75-103,100-50-26-46-92(62-54-82-31-11-2-12-32-82)96(100)66-58-86-39-19-6-20-40-86)78-107(73-89,77-103)108-74-90-71-105(79-108,101-51-27-47-93(63-55-83-33-13-3-14-34-83)97(101)67-59-87-41-21-7-22-42-87)76-106(72-90,80-108)102-52-28-48-94(64-56-84-35-15-4-16-36-84)98(102)68-60-88-43-23-8-24-44-88/h1-52,89-90H,69-80H2. The number of rotatable bonds is 5. The van der Waals surface area contributed by atoms with Crippen LogP contribution in [0.15, 0.2) is 315 Å². The molecule has 20 rings (SSSR count). The molecule has 0 heteroatoms. The van der Waals surface area contributed by atoms with E-state index in [0.29, 0.717) is 11.8 Å². The van der Waals surface area contributed by atoms with E-state index in [1.807, 2.05) is 0 Å². The first-order valence-electron chi connectivity index (χ1n) is 38.3. The Bertz CT molecular complexity index is 5260. The first-order chi connectivity index (χ1) is 53.2. The molecule has 510 valence electrons. The summed E-state index contributed by atoms with van der Waals surface area (Å²) in [6.45, 7) is 0. The predicted molar refractivity (Wildman–Crippen MR) is 439 cm³/mol. The van der Waals surface area contributed by atoms with Crippen molar-refractivity contribution in [3.63, 3.8) is 0 Å². The van der Waals surface area contributed by atoms with Gasteiger partial charge >= 0.3 is 0 Å². The Kier molecular flexibility index (Phi) is 17.7. The molecule has 12 aromatic rings. The molecule has 4 atom stereocenters. The van der Waals surface area contributed by atoms with Crippen LogP contribution in [-0.2, 0) is 21.7 Å². The molecule has 12 aromatic carbocycles. The van der Waals surface area contributed by atoms with Crippen LogP contribution in [-0.4, -0.2) is 0 Å². The average molecular weight is 1380 g/mol. The van der Waals surface area contributed by atoms with E-state index in [1.165, 1.54) is 22.3 Å². The van der Waals surface area contributed by atoms with Gasteiger partial charge in [0.2, 0.25) is 0 Å². The molecule has 0 saturated heterocycles. The summed E-state index contributed by atoms with van der Waals surface area (Å²) in [6, 6.07) is 112. The Balaban J connectivity index is 0.909. The lowest BCUT2D eigenvalue weighted by Gasteiger charge is -2.78. The summed E-state index contributed by atoms with van der Waals surface area (Å²) >= 11 is 0. The lowest BCUT2D eigenvalue weighted by atomic mass is 9.26. The van der Waals surface area contributed by atoms with E-state index >= 15 is 0 Å². The summed E-state index contributed by atoms with van der Waals surface area (Å²) in [5.74, 6) is 61.4. The quantitative estimate of drug-likeness (QED) is 0.151. The predicted octanol–water partition coefficient (Wildman–Crippen LogP) is 21.9. The highest BCUT2D eigenvalue weighted by atomic mass is 14.8. The minimum absolute atomic E-state index is 0.199. The lowest BCUT2D eigenvalue weighted by molar-refractivity contribution is -0.224. The Morgan fingerprint density at radius 1 is 0.167 bits per heavy atom. The van der Waals surface area contributed by atoms with Crippen LogP contribution in [0.4, 0.5) is 0 Å². The normalized spacial score (nSPS) is 23.1. The first kappa shape index (κ1) is 67.0. The minimum atomic E-state index is -0.331. The van der Waals surface area contributed by atoms with Gasteiger partial charge in [-0.1, -0.05) is 289 Å². The molecular weight excluding hydrogens is 1300 g/mol. The van der Waals surface area contributed by atoms with Gasteiger partial charge in [0.25, 0.3) is 0 Å². The van der Waals surface area contributed by atoms with Gasteiger partial charge < -0.3 is 0 Å². The Hall–Kier alpha value is -12.9. The van der Waals surface area contributed by atoms with Gasteiger partial charge in [-0.2, -0.15) is 0 Å². The molecule has 0 heterocycles. The molecule has 0 spiro atoms. The zero-order valence-electron chi connectivity index (χ0n) is 60.7. The third-order valence-electron chi connectivity index (χ3n) is 24.7. The molecule has 8 aliphatic rings. The molecule has 0 N–H and O–H groups in total. The summed E-state index contributed by atoms with van der Waals surface area (Å²) in [5.41, 5.74) is 19.5. The second kappa shape index (κ2) is 28.5. The molecule has 0 nitrogen and oxygen atoms in total. The molecule has 0 aromatic heterocycles. The molecule has 8 bridgehead atoms.